The summed E-state index contributed by atoms with van der Waals surface area (Å²) < 4.78 is 12.2. The highest BCUT2D eigenvalue weighted by Gasteiger charge is 2.29. The highest BCUT2D eigenvalue weighted by molar-refractivity contribution is 5.92. The lowest BCUT2D eigenvalue weighted by Gasteiger charge is -2.31. The summed E-state index contributed by atoms with van der Waals surface area (Å²) in [7, 11) is 1.70. The summed E-state index contributed by atoms with van der Waals surface area (Å²) in [5.74, 6) is -1.48. The van der Waals surface area contributed by atoms with Gasteiger partial charge in [-0.15, -0.1) is 0 Å². The summed E-state index contributed by atoms with van der Waals surface area (Å²) in [6.07, 6.45) is -0.0267. The number of pyridine rings is 1. The van der Waals surface area contributed by atoms with Gasteiger partial charge in [0.05, 0.1) is 12.6 Å². The zero-order chi connectivity index (χ0) is 17.0. The molecule has 1 aromatic heterocycles. The van der Waals surface area contributed by atoms with Crippen molar-refractivity contribution in [1.29, 1.82) is 0 Å². The molecule has 0 aromatic carbocycles. The standard InChI is InChI=1S/C15H20N2O6/c1-9-5-10(18)6-12(17(9)2)15(21)16-11-3-4-22-7-13(11)23-8-14(19)20/h5-6,11,13H,3-4,7-8H2,1-2H3,(H,16,21)(H,19,20)/t11-,13-/m1/s1. The van der Waals surface area contributed by atoms with Gasteiger partial charge in [-0.2, -0.15) is 0 Å². The molecule has 2 N–H and O–H groups in total. The number of aliphatic carboxylic acids is 1. The van der Waals surface area contributed by atoms with E-state index in [1.54, 1.807) is 18.5 Å². The number of amides is 1. The number of nitrogens with zero attached hydrogens (tertiary/aromatic N) is 1. The number of nitrogens with one attached hydrogen (secondary N) is 1. The molecule has 1 fully saturated rings. The minimum atomic E-state index is -1.08. The fourth-order valence-electron chi connectivity index (χ4n) is 2.45. The Hall–Kier alpha value is -2.19. The number of aryl methyl sites for hydroxylation is 1. The van der Waals surface area contributed by atoms with E-state index in [2.05, 4.69) is 5.32 Å². The lowest BCUT2D eigenvalue weighted by Crippen LogP contribution is -2.50. The Bertz CT molecular complexity index is 654. The van der Waals surface area contributed by atoms with Crippen LogP contribution < -0.4 is 10.7 Å². The third-order valence-electron chi connectivity index (χ3n) is 3.79. The van der Waals surface area contributed by atoms with E-state index >= 15 is 0 Å². The molecule has 0 unspecified atom stereocenters. The molecule has 8 nitrogen and oxygen atoms in total. The third-order valence-corrected chi connectivity index (χ3v) is 3.79. The normalized spacial score (nSPS) is 21.0. The first kappa shape index (κ1) is 17.2. The summed E-state index contributed by atoms with van der Waals surface area (Å²) in [5.41, 5.74) is 0.684. The van der Waals surface area contributed by atoms with Crippen molar-refractivity contribution in [2.45, 2.75) is 25.5 Å². The fourth-order valence-corrected chi connectivity index (χ4v) is 2.45. The number of carboxylic acid groups (broad SMARTS) is 1. The zero-order valence-corrected chi connectivity index (χ0v) is 13.1. The Morgan fingerprint density at radius 2 is 2.22 bits per heavy atom. The summed E-state index contributed by atoms with van der Waals surface area (Å²) >= 11 is 0. The van der Waals surface area contributed by atoms with Gasteiger partial charge < -0.3 is 24.5 Å². The van der Waals surface area contributed by atoms with Crippen LogP contribution in [-0.4, -0.2) is 53.5 Å². The molecule has 0 saturated carbocycles. The zero-order valence-electron chi connectivity index (χ0n) is 13.1. The SMILES string of the molecule is Cc1cc(=O)cc(C(=O)N[C@@H]2CCOC[C@H]2OCC(=O)O)n1C. The van der Waals surface area contributed by atoms with Crippen LogP contribution in [0, 0.1) is 6.92 Å². The van der Waals surface area contributed by atoms with Gasteiger partial charge in [0.1, 0.15) is 18.4 Å². The second-order valence-corrected chi connectivity index (χ2v) is 5.46. The third kappa shape index (κ3) is 4.40. The molecule has 1 aromatic rings. The number of hydrogen-bond acceptors (Lipinski definition) is 5. The lowest BCUT2D eigenvalue weighted by molar-refractivity contribution is -0.148. The van der Waals surface area contributed by atoms with Crippen molar-refractivity contribution in [3.05, 3.63) is 33.7 Å². The Morgan fingerprint density at radius 3 is 2.91 bits per heavy atom. The van der Waals surface area contributed by atoms with E-state index in [9.17, 15) is 14.4 Å². The molecule has 1 aliphatic rings. The largest absolute Gasteiger partial charge is 0.480 e. The van der Waals surface area contributed by atoms with E-state index in [0.717, 1.165) is 0 Å². The van der Waals surface area contributed by atoms with Crippen LogP contribution in [0.3, 0.4) is 0 Å². The molecule has 0 radical (unpaired) electrons. The van der Waals surface area contributed by atoms with E-state index in [1.807, 2.05) is 0 Å². The average Bonchev–Trinajstić information content (AvgIpc) is 2.49. The van der Waals surface area contributed by atoms with Crippen LogP contribution in [0.25, 0.3) is 0 Å². The summed E-state index contributed by atoms with van der Waals surface area (Å²) in [6, 6.07) is 2.35. The Morgan fingerprint density at radius 1 is 1.48 bits per heavy atom. The molecule has 23 heavy (non-hydrogen) atoms. The first-order valence-electron chi connectivity index (χ1n) is 7.28. The van der Waals surface area contributed by atoms with E-state index in [1.165, 1.54) is 12.1 Å². The predicted octanol–water partition coefficient (Wildman–Crippen LogP) is -0.318. The van der Waals surface area contributed by atoms with Crippen LogP contribution in [0.5, 0.6) is 0 Å². The highest BCUT2D eigenvalue weighted by atomic mass is 16.5. The molecular formula is C15H20N2O6. The summed E-state index contributed by atoms with van der Waals surface area (Å²) in [6.45, 7) is 1.95. The predicted molar refractivity (Wildman–Crippen MR) is 80.5 cm³/mol. The number of aromatic nitrogens is 1. The maximum atomic E-state index is 12.4. The van der Waals surface area contributed by atoms with Gasteiger partial charge in [-0.25, -0.2) is 4.79 Å². The molecule has 1 saturated heterocycles. The lowest BCUT2D eigenvalue weighted by atomic mass is 10.1. The highest BCUT2D eigenvalue weighted by Crippen LogP contribution is 2.12. The molecule has 2 atom stereocenters. The number of carbonyl (C=O) groups is 2. The number of carbonyl (C=O) groups excluding carboxylic acids is 1. The molecule has 126 valence electrons. The average molecular weight is 324 g/mol. The van der Waals surface area contributed by atoms with Gasteiger partial charge in [-0.1, -0.05) is 0 Å². The van der Waals surface area contributed by atoms with Crippen LogP contribution in [0.4, 0.5) is 0 Å². The van der Waals surface area contributed by atoms with E-state index in [4.69, 9.17) is 14.6 Å². The first-order valence-corrected chi connectivity index (χ1v) is 7.28. The summed E-state index contributed by atoms with van der Waals surface area (Å²) in [5, 5.41) is 11.5. The molecule has 2 heterocycles. The van der Waals surface area contributed by atoms with Gasteiger partial charge in [0.15, 0.2) is 5.43 Å². The van der Waals surface area contributed by atoms with E-state index in [0.29, 0.717) is 18.7 Å². The minimum absolute atomic E-state index is 0.213. The van der Waals surface area contributed by atoms with Crippen molar-refractivity contribution in [2.24, 2.45) is 7.05 Å². The molecule has 8 heteroatoms. The van der Waals surface area contributed by atoms with Crippen molar-refractivity contribution < 1.29 is 24.2 Å². The maximum absolute atomic E-state index is 12.4. The molecule has 1 aliphatic heterocycles. The summed E-state index contributed by atoms with van der Waals surface area (Å²) in [4.78, 5) is 34.7. The Balaban J connectivity index is 2.11. The number of hydrogen-bond donors (Lipinski definition) is 2. The van der Waals surface area contributed by atoms with Gasteiger partial charge in [0.25, 0.3) is 5.91 Å². The van der Waals surface area contributed by atoms with E-state index in [-0.39, 0.29) is 23.8 Å². The number of carboxylic acids is 1. The van der Waals surface area contributed by atoms with Gasteiger partial charge in [0, 0.05) is 31.5 Å². The topological polar surface area (TPSA) is 107 Å². The van der Waals surface area contributed by atoms with Gasteiger partial charge in [0.2, 0.25) is 0 Å². The van der Waals surface area contributed by atoms with Crippen molar-refractivity contribution in [2.75, 3.05) is 19.8 Å². The first-order chi connectivity index (χ1) is 10.9. The van der Waals surface area contributed by atoms with Crippen molar-refractivity contribution >= 4 is 11.9 Å². The molecule has 0 bridgehead atoms. The van der Waals surface area contributed by atoms with Crippen LogP contribution in [0.1, 0.15) is 22.6 Å². The molecule has 1 amide bonds. The maximum Gasteiger partial charge on any atom is 0.329 e. The quantitative estimate of drug-likeness (QED) is 0.769. The molecule has 0 aliphatic carbocycles. The van der Waals surface area contributed by atoms with Gasteiger partial charge in [-0.05, 0) is 13.3 Å². The van der Waals surface area contributed by atoms with Crippen molar-refractivity contribution in [3.63, 3.8) is 0 Å². The van der Waals surface area contributed by atoms with Crippen LogP contribution in [0.2, 0.25) is 0 Å². The number of rotatable bonds is 5. The molecule has 0 spiro atoms. The Labute approximate surface area is 133 Å². The van der Waals surface area contributed by atoms with Crippen LogP contribution in [-0.2, 0) is 21.3 Å². The molecule has 2 rings (SSSR count). The second-order valence-electron chi connectivity index (χ2n) is 5.46. The second kappa shape index (κ2) is 7.38. The smallest absolute Gasteiger partial charge is 0.329 e. The minimum Gasteiger partial charge on any atom is -0.480 e. The monoisotopic (exact) mass is 324 g/mol. The number of ether oxygens (including phenoxy) is 2. The van der Waals surface area contributed by atoms with E-state index < -0.39 is 24.6 Å². The molecular weight excluding hydrogens is 304 g/mol. The Kier molecular flexibility index (Phi) is 5.51. The van der Waals surface area contributed by atoms with Crippen LogP contribution in [0.15, 0.2) is 16.9 Å². The van der Waals surface area contributed by atoms with Crippen molar-refractivity contribution in [1.82, 2.24) is 9.88 Å². The van der Waals surface area contributed by atoms with Crippen LogP contribution >= 0.6 is 0 Å². The van der Waals surface area contributed by atoms with Crippen molar-refractivity contribution in [3.8, 4) is 0 Å². The van der Waals surface area contributed by atoms with Gasteiger partial charge >= 0.3 is 5.97 Å². The van der Waals surface area contributed by atoms with Gasteiger partial charge in [-0.3, -0.25) is 9.59 Å². The fraction of sp³-hybridized carbons (Fsp3) is 0.533.